The topological polar surface area (TPSA) is 419 Å². The first-order chi connectivity index (χ1) is 29.9. The van der Waals surface area contributed by atoms with Gasteiger partial charge in [-0.25, -0.2) is 0 Å². The van der Waals surface area contributed by atoms with Gasteiger partial charge in [0.25, 0.3) is 0 Å². The fourth-order valence-corrected chi connectivity index (χ4v) is 11.3. The first-order valence-corrected chi connectivity index (χ1v) is 25.2. The van der Waals surface area contributed by atoms with E-state index in [0.717, 1.165) is 32.1 Å². The molecule has 24 nitrogen and oxygen atoms in total. The van der Waals surface area contributed by atoms with Gasteiger partial charge < -0.3 is 33.6 Å². The van der Waals surface area contributed by atoms with Gasteiger partial charge in [-0.3, -0.25) is 24.4 Å². The van der Waals surface area contributed by atoms with E-state index in [-0.39, 0.29) is 108 Å². The van der Waals surface area contributed by atoms with Crippen LogP contribution in [0.2, 0.25) is 5.32 Å². The van der Waals surface area contributed by atoms with Crippen molar-refractivity contribution < 1.29 is 43.2 Å². The number of nitrogens with two attached hydrogens (primary N) is 6. The number of hydrogen-bond donors (Lipinski definition) is 13. The summed E-state index contributed by atoms with van der Waals surface area (Å²) in [6.07, 6.45) is 4.80. The van der Waals surface area contributed by atoms with Gasteiger partial charge in [0.2, 0.25) is 17.7 Å². The molecule has 0 spiro atoms. The molecule has 19 N–H and O–H groups in total. The van der Waals surface area contributed by atoms with Crippen LogP contribution in [0.5, 0.6) is 0 Å². The maximum absolute atomic E-state index is 14.1. The van der Waals surface area contributed by atoms with Crippen molar-refractivity contribution in [3.05, 3.63) is 0 Å². The van der Waals surface area contributed by atoms with Crippen molar-refractivity contribution in [3.8, 4) is 0 Å². The Bertz CT molecular complexity index is 1710. The van der Waals surface area contributed by atoms with E-state index < -0.39 is 89.6 Å². The first-order valence-electron chi connectivity index (χ1n) is 21.0. The third kappa shape index (κ3) is 19.3. The van der Waals surface area contributed by atoms with Gasteiger partial charge in [-0.15, -0.1) is 0 Å². The van der Waals surface area contributed by atoms with Crippen LogP contribution in [-0.2, 0) is 43.2 Å². The summed E-state index contributed by atoms with van der Waals surface area (Å²) in [5.41, 5.74) is 32.7. The van der Waals surface area contributed by atoms with Gasteiger partial charge in [-0.1, -0.05) is 0 Å². The Labute approximate surface area is 374 Å². The van der Waals surface area contributed by atoms with E-state index in [1.807, 2.05) is 0 Å². The second-order valence-electron chi connectivity index (χ2n) is 15.6. The third-order valence-electron chi connectivity index (χ3n) is 10.6. The van der Waals surface area contributed by atoms with Crippen molar-refractivity contribution in [1.29, 1.82) is 0 Å². The number of amides is 9. The molecule has 3 fully saturated rings. The molecule has 9 amide bonds. The summed E-state index contributed by atoms with van der Waals surface area (Å²) in [4.78, 5) is 126. The monoisotopic (exact) mass is 973 g/mol. The number of carbonyl (C=O) groups excluding carboxylic acids is 9. The number of rotatable bonds is 24. The Kier molecular flexibility index (Phi) is 22.3. The van der Waals surface area contributed by atoms with Gasteiger partial charge in [0, 0.05) is 19.5 Å². The number of aliphatic imine (C=N–C) groups is 2. The molecule has 0 bridgehead atoms. The van der Waals surface area contributed by atoms with Crippen LogP contribution in [0, 0.1) is 5.92 Å². The molecule has 0 aromatic carbocycles. The summed E-state index contributed by atoms with van der Waals surface area (Å²) in [5.74, 6) is -6.13. The Morgan fingerprint density at radius 2 is 1.24 bits per heavy atom. The molecule has 63 heavy (non-hydrogen) atoms. The fourth-order valence-electron chi connectivity index (χ4n) is 7.14. The Morgan fingerprint density at radius 1 is 0.683 bits per heavy atom. The second kappa shape index (κ2) is 27.0. The summed E-state index contributed by atoms with van der Waals surface area (Å²) in [5, 5.41) is 18.8. The molecule has 0 radical (unpaired) electrons. The summed E-state index contributed by atoms with van der Waals surface area (Å²) >= 11 is -0.183. The van der Waals surface area contributed by atoms with Gasteiger partial charge >= 0.3 is 231 Å². The number of primary amides is 2. The predicted molar refractivity (Wildman–Crippen MR) is 234 cm³/mol. The zero-order chi connectivity index (χ0) is 46.5. The normalized spacial score (nSPS) is 20.9. The Morgan fingerprint density at radius 3 is 1.76 bits per heavy atom. The van der Waals surface area contributed by atoms with Crippen molar-refractivity contribution in [2.75, 3.05) is 18.8 Å². The molecule has 3 aliphatic rings. The van der Waals surface area contributed by atoms with Crippen molar-refractivity contribution in [3.63, 3.8) is 0 Å². The molecular weight excluding hydrogens is 910 g/mol. The SMILES string of the molecule is NC(=O)CC[C@H](NC(=O)[C@@H](CCCN=C(N)N)NC(=O)[C@@H](CCCN=C(N)N)NC(=O)[C@@H]1CCC(=O)N1)C(=O)N[C@@H](CC1CCCCC1)C(=O)N[C@H]1C[Se]SC[C@@H](C(N)=O)NC1=O. The molecule has 2 aliphatic heterocycles. The van der Waals surface area contributed by atoms with Gasteiger partial charge in [0.05, 0.1) is 0 Å². The summed E-state index contributed by atoms with van der Waals surface area (Å²) in [7, 11) is 1.45. The van der Waals surface area contributed by atoms with Crippen LogP contribution >= 0.6 is 10.2 Å². The molecule has 2 heterocycles. The molecule has 2 saturated heterocycles. The molecule has 26 heteroatoms. The van der Waals surface area contributed by atoms with Crippen molar-refractivity contribution in [1.82, 2.24) is 37.2 Å². The van der Waals surface area contributed by atoms with E-state index in [4.69, 9.17) is 34.4 Å². The average molecular weight is 973 g/mol. The quantitative estimate of drug-likeness (QED) is 0.0186. The number of nitrogens with zero attached hydrogens (tertiary/aromatic N) is 2. The average Bonchev–Trinajstić information content (AvgIpc) is 3.67. The Hall–Kier alpha value is -5.36. The van der Waals surface area contributed by atoms with E-state index in [9.17, 15) is 43.2 Å². The maximum atomic E-state index is 14.1. The Balaban J connectivity index is 1.86. The molecule has 0 unspecified atom stereocenters. The van der Waals surface area contributed by atoms with Crippen molar-refractivity contribution >= 4 is 89.1 Å². The fraction of sp³-hybridized carbons (Fsp3) is 0.703. The minimum absolute atomic E-state index is 0.0273. The van der Waals surface area contributed by atoms with Crippen LogP contribution in [0.3, 0.4) is 0 Å². The van der Waals surface area contributed by atoms with Gasteiger partial charge in [0.15, 0.2) is 11.9 Å². The molecule has 0 aromatic heterocycles. The van der Waals surface area contributed by atoms with E-state index >= 15 is 0 Å². The zero-order valence-electron chi connectivity index (χ0n) is 35.2. The number of carbonyl (C=O) groups is 9. The van der Waals surface area contributed by atoms with Crippen LogP contribution in [-0.4, -0.2) is 140 Å². The van der Waals surface area contributed by atoms with E-state index in [0.29, 0.717) is 11.1 Å². The van der Waals surface area contributed by atoms with Crippen LogP contribution in [0.1, 0.15) is 89.9 Å². The molecule has 0 aromatic rings. The van der Waals surface area contributed by atoms with Crippen LogP contribution in [0.15, 0.2) is 9.98 Å². The van der Waals surface area contributed by atoms with Crippen molar-refractivity contribution in [2.24, 2.45) is 50.3 Å². The predicted octanol–water partition coefficient (Wildman–Crippen LogP) is -5.21. The summed E-state index contributed by atoms with van der Waals surface area (Å²) < 4.78 is 0. The van der Waals surface area contributed by atoms with E-state index in [1.54, 1.807) is 0 Å². The first kappa shape index (κ1) is 52.0. The molecule has 1 aliphatic carbocycles. The zero-order valence-corrected chi connectivity index (χ0v) is 37.7. The number of guanidine groups is 2. The third-order valence-corrected chi connectivity index (χ3v) is 14.8. The van der Waals surface area contributed by atoms with Gasteiger partial charge in [0.1, 0.15) is 12.1 Å². The van der Waals surface area contributed by atoms with Crippen LogP contribution in [0.4, 0.5) is 0 Å². The molecule has 3 rings (SSSR count). The standard InChI is InChI=1S/C37H63N15O9SSe/c38-27(53)12-10-23(33(59)50-24(16-19-6-2-1-3-7-19)34(60)52-26-18-63-62-17-25(29(39)55)51-35(26)61)49-31(57)21(9-5-15-45-37(42)43)47-30(56)20(8-4-14-44-36(40)41)48-32(58)22-11-13-28(54)46-22/h19-26H,1-18H2,(H2,38,53)(H2,39,55)(H,46,54)(H,47,56)(H,48,58)(H,49,57)(H,50,59)(H,51,61)(H,52,60)(H4,40,41,44)(H4,42,43,45)/t20-,21-,22+,23+,24+,25+,26+/m1/s1. The molecular formula is C37H63N15O9SSe. The summed E-state index contributed by atoms with van der Waals surface area (Å²) in [6, 6.07) is -7.97. The molecule has 7 atom stereocenters. The minimum atomic E-state index is -1.44. The summed E-state index contributed by atoms with van der Waals surface area (Å²) in [6.45, 7) is 0.179. The number of nitrogens with one attached hydrogen (secondary N) is 7. The van der Waals surface area contributed by atoms with Gasteiger partial charge in [-0.05, 0) is 25.7 Å². The van der Waals surface area contributed by atoms with Crippen LogP contribution in [0.25, 0.3) is 0 Å². The van der Waals surface area contributed by atoms with Crippen molar-refractivity contribution in [2.45, 2.75) is 138 Å². The second-order valence-corrected chi connectivity index (χ2v) is 20.1. The van der Waals surface area contributed by atoms with Gasteiger partial charge in [-0.2, -0.15) is 0 Å². The molecule has 1 saturated carbocycles. The van der Waals surface area contributed by atoms with Crippen LogP contribution < -0.4 is 71.6 Å². The number of hydrogen-bond acceptors (Lipinski definition) is 12. The van der Waals surface area contributed by atoms with E-state index in [2.05, 4.69) is 47.2 Å². The molecule has 352 valence electrons. The van der Waals surface area contributed by atoms with E-state index in [1.165, 1.54) is 10.2 Å².